The van der Waals surface area contributed by atoms with Crippen LogP contribution in [0.5, 0.6) is 0 Å². The highest BCUT2D eigenvalue weighted by Crippen LogP contribution is 2.33. The van der Waals surface area contributed by atoms with Crippen LogP contribution < -0.4 is 0 Å². The average Bonchev–Trinajstić information content (AvgIpc) is 3.27. The van der Waals surface area contributed by atoms with Crippen molar-refractivity contribution in [3.8, 4) is 0 Å². The van der Waals surface area contributed by atoms with Gasteiger partial charge in [-0.2, -0.15) is 0 Å². The van der Waals surface area contributed by atoms with Crippen molar-refractivity contribution < 1.29 is 9.21 Å². The lowest BCUT2D eigenvalue weighted by atomic mass is 10.0. The number of fused-ring (bicyclic) bond motifs is 1. The van der Waals surface area contributed by atoms with Crippen LogP contribution in [0, 0.1) is 0 Å². The summed E-state index contributed by atoms with van der Waals surface area (Å²) in [6.07, 6.45) is 7.06. The molecule has 0 spiro atoms. The fourth-order valence-corrected chi connectivity index (χ4v) is 4.21. The Morgan fingerprint density at radius 2 is 1.83 bits per heavy atom. The molecule has 2 aromatic carbocycles. The highest BCUT2D eigenvalue weighted by atomic mass is 16.4. The van der Waals surface area contributed by atoms with Crippen molar-refractivity contribution in [2.75, 3.05) is 6.54 Å². The highest BCUT2D eigenvalue weighted by Gasteiger charge is 2.33. The van der Waals surface area contributed by atoms with E-state index >= 15 is 0 Å². The topological polar surface area (TPSA) is 59.2 Å². The van der Waals surface area contributed by atoms with Gasteiger partial charge in [0, 0.05) is 24.5 Å². The van der Waals surface area contributed by atoms with Gasteiger partial charge in [0.05, 0.1) is 6.20 Å². The quantitative estimate of drug-likeness (QED) is 0.476. The lowest BCUT2D eigenvalue weighted by molar-refractivity contribution is 0.0566. The van der Waals surface area contributed by atoms with Crippen LogP contribution in [0.2, 0.25) is 0 Å². The molecule has 1 aliphatic rings. The van der Waals surface area contributed by atoms with Crippen molar-refractivity contribution in [3.63, 3.8) is 0 Å². The lowest BCUT2D eigenvalue weighted by Gasteiger charge is -2.33. The summed E-state index contributed by atoms with van der Waals surface area (Å²) in [5, 5.41) is 1.90. The van der Waals surface area contributed by atoms with Crippen LogP contribution in [0.1, 0.15) is 53.0 Å². The monoisotopic (exact) mass is 397 g/mol. The van der Waals surface area contributed by atoms with Gasteiger partial charge >= 0.3 is 0 Å². The van der Waals surface area contributed by atoms with Gasteiger partial charge in [-0.25, -0.2) is 4.98 Å². The largest absolute Gasteiger partial charge is 0.443 e. The van der Waals surface area contributed by atoms with E-state index in [-0.39, 0.29) is 11.9 Å². The Kier molecular flexibility index (Phi) is 5.01. The molecule has 1 aliphatic heterocycles. The minimum absolute atomic E-state index is 0.0562. The molecule has 5 heteroatoms. The molecule has 1 amide bonds. The molecule has 3 heterocycles. The minimum Gasteiger partial charge on any atom is -0.443 e. The Bertz CT molecular complexity index is 1160. The molecule has 0 saturated carbocycles. The molecule has 1 unspecified atom stereocenters. The first-order valence-corrected chi connectivity index (χ1v) is 10.4. The number of rotatable bonds is 4. The Morgan fingerprint density at radius 1 is 1.00 bits per heavy atom. The van der Waals surface area contributed by atoms with Crippen molar-refractivity contribution in [2.24, 2.45) is 0 Å². The van der Waals surface area contributed by atoms with Crippen LogP contribution in [0.3, 0.4) is 0 Å². The molecule has 2 aromatic heterocycles. The average molecular weight is 397 g/mol. The summed E-state index contributed by atoms with van der Waals surface area (Å²) in [6.45, 7) is 0.685. The summed E-state index contributed by atoms with van der Waals surface area (Å²) in [7, 11) is 0. The number of nitrogens with zero attached hydrogens (tertiary/aromatic N) is 3. The Balaban J connectivity index is 1.43. The molecule has 5 rings (SSSR count). The Hall–Kier alpha value is -3.47. The fourth-order valence-electron chi connectivity index (χ4n) is 4.21. The zero-order valence-corrected chi connectivity index (χ0v) is 16.7. The van der Waals surface area contributed by atoms with Gasteiger partial charge in [0.2, 0.25) is 5.89 Å². The van der Waals surface area contributed by atoms with E-state index in [4.69, 9.17) is 4.42 Å². The molecular weight excluding hydrogens is 374 g/mol. The third-order valence-corrected chi connectivity index (χ3v) is 5.72. The number of hydrogen-bond acceptors (Lipinski definition) is 4. The summed E-state index contributed by atoms with van der Waals surface area (Å²) in [5.74, 6) is 1.38. The predicted octanol–water partition coefficient (Wildman–Crippen LogP) is 5.18. The second-order valence-corrected chi connectivity index (χ2v) is 7.72. The zero-order chi connectivity index (χ0) is 20.3. The second kappa shape index (κ2) is 8.11. The van der Waals surface area contributed by atoms with Gasteiger partial charge in [0.15, 0.2) is 0 Å². The number of benzene rings is 2. The van der Waals surface area contributed by atoms with E-state index in [0.29, 0.717) is 24.6 Å². The number of carbonyl (C=O) groups is 1. The molecule has 1 saturated heterocycles. The Labute approximate surface area is 175 Å². The number of pyridine rings is 1. The van der Waals surface area contributed by atoms with E-state index in [2.05, 4.69) is 22.1 Å². The highest BCUT2D eigenvalue weighted by molar-refractivity contribution is 6.05. The Morgan fingerprint density at radius 3 is 2.73 bits per heavy atom. The first-order valence-electron chi connectivity index (χ1n) is 10.4. The van der Waals surface area contributed by atoms with Gasteiger partial charge in [-0.05, 0) is 36.3 Å². The van der Waals surface area contributed by atoms with Crippen LogP contribution in [-0.4, -0.2) is 27.3 Å². The van der Waals surface area contributed by atoms with Gasteiger partial charge in [-0.1, -0.05) is 54.6 Å². The molecule has 0 bridgehead atoms. The van der Waals surface area contributed by atoms with Crippen molar-refractivity contribution in [3.05, 3.63) is 96.0 Å². The summed E-state index contributed by atoms with van der Waals surface area (Å²) >= 11 is 0. The van der Waals surface area contributed by atoms with E-state index < -0.39 is 0 Å². The third kappa shape index (κ3) is 3.59. The van der Waals surface area contributed by atoms with E-state index in [9.17, 15) is 4.79 Å². The number of amides is 1. The van der Waals surface area contributed by atoms with Crippen LogP contribution in [-0.2, 0) is 6.42 Å². The maximum Gasteiger partial charge on any atom is 0.273 e. The molecule has 5 nitrogen and oxygen atoms in total. The molecule has 30 heavy (non-hydrogen) atoms. The van der Waals surface area contributed by atoms with Gasteiger partial charge in [-0.15, -0.1) is 0 Å². The van der Waals surface area contributed by atoms with Gasteiger partial charge in [-0.3, -0.25) is 9.78 Å². The van der Waals surface area contributed by atoms with Crippen LogP contribution in [0.25, 0.3) is 10.8 Å². The minimum atomic E-state index is -0.156. The zero-order valence-electron chi connectivity index (χ0n) is 16.7. The number of oxazole rings is 1. The molecule has 0 N–H and O–H groups in total. The molecule has 1 fully saturated rings. The van der Waals surface area contributed by atoms with Gasteiger partial charge < -0.3 is 9.32 Å². The predicted molar refractivity (Wildman–Crippen MR) is 115 cm³/mol. The summed E-state index contributed by atoms with van der Waals surface area (Å²) in [5.41, 5.74) is 1.67. The molecule has 150 valence electrons. The SMILES string of the molecule is O=C(c1nccc2ccccc12)N1CCCCC1c1ncc(Cc2ccccc2)o1. The van der Waals surface area contributed by atoms with E-state index in [1.165, 1.54) is 5.56 Å². The number of hydrogen-bond donors (Lipinski definition) is 0. The van der Waals surface area contributed by atoms with Gasteiger partial charge in [0.25, 0.3) is 5.91 Å². The van der Waals surface area contributed by atoms with E-state index in [1.54, 1.807) is 12.4 Å². The third-order valence-electron chi connectivity index (χ3n) is 5.72. The van der Waals surface area contributed by atoms with Crippen molar-refractivity contribution in [1.82, 2.24) is 14.9 Å². The normalized spacial score (nSPS) is 16.7. The standard InChI is InChI=1S/C25H23N3O2/c29-25(23-21-11-5-4-10-19(21)13-14-26-23)28-15-7-6-12-22(28)24-27-17-20(30-24)16-18-8-2-1-3-9-18/h1-5,8-11,13-14,17,22H,6-7,12,15-16H2. The van der Waals surface area contributed by atoms with Crippen LogP contribution in [0.15, 0.2) is 77.5 Å². The van der Waals surface area contributed by atoms with Crippen molar-refractivity contribution in [2.45, 2.75) is 31.7 Å². The number of piperidine rings is 1. The van der Waals surface area contributed by atoms with Crippen LogP contribution >= 0.6 is 0 Å². The first kappa shape index (κ1) is 18.6. The molecule has 4 aromatic rings. The molecular formula is C25H23N3O2. The first-order chi connectivity index (χ1) is 14.8. The van der Waals surface area contributed by atoms with E-state index in [0.717, 1.165) is 35.8 Å². The summed E-state index contributed by atoms with van der Waals surface area (Å²) < 4.78 is 6.11. The maximum absolute atomic E-state index is 13.5. The number of likely N-dealkylation sites (tertiary alicyclic amines) is 1. The molecule has 0 radical (unpaired) electrons. The second-order valence-electron chi connectivity index (χ2n) is 7.72. The lowest BCUT2D eigenvalue weighted by Crippen LogP contribution is -2.39. The molecule has 0 aliphatic carbocycles. The number of carbonyl (C=O) groups excluding carboxylic acids is 1. The van der Waals surface area contributed by atoms with Gasteiger partial charge in [0.1, 0.15) is 17.5 Å². The maximum atomic E-state index is 13.5. The molecule has 1 atom stereocenters. The van der Waals surface area contributed by atoms with Crippen LogP contribution in [0.4, 0.5) is 0 Å². The van der Waals surface area contributed by atoms with Crippen molar-refractivity contribution >= 4 is 16.7 Å². The fraction of sp³-hybridized carbons (Fsp3) is 0.240. The van der Waals surface area contributed by atoms with E-state index in [1.807, 2.05) is 53.4 Å². The number of aromatic nitrogens is 2. The summed E-state index contributed by atoms with van der Waals surface area (Å²) in [4.78, 5) is 24.3. The smallest absolute Gasteiger partial charge is 0.273 e. The van der Waals surface area contributed by atoms with Crippen molar-refractivity contribution in [1.29, 1.82) is 0 Å². The summed E-state index contributed by atoms with van der Waals surface area (Å²) in [6, 6.07) is 19.8.